The van der Waals surface area contributed by atoms with Crippen molar-refractivity contribution in [2.75, 3.05) is 0 Å². The summed E-state index contributed by atoms with van der Waals surface area (Å²) >= 11 is 0. The lowest BCUT2D eigenvalue weighted by atomic mass is 10.8. The highest BCUT2D eigenvalue weighted by molar-refractivity contribution is 6.40. The summed E-state index contributed by atoms with van der Waals surface area (Å²) in [6.07, 6.45) is 2.12. The first-order valence-electron chi connectivity index (χ1n) is 2.03. The van der Waals surface area contributed by atoms with Crippen molar-refractivity contribution in [1.82, 2.24) is 0 Å². The van der Waals surface area contributed by atoms with Gasteiger partial charge < -0.3 is 0 Å². The molecule has 0 spiro atoms. The summed E-state index contributed by atoms with van der Waals surface area (Å²) < 4.78 is 0. The van der Waals surface area contributed by atoms with Crippen molar-refractivity contribution >= 4 is 9.52 Å². The minimum absolute atomic E-state index is 0.233. The Labute approximate surface area is 35.7 Å². The molecule has 0 saturated heterocycles. The Morgan fingerprint density at radius 2 is 2.20 bits per heavy atom. The molecular weight excluding hydrogens is 76.1 g/mol. The first-order valence-corrected chi connectivity index (χ1v) is 4.26. The maximum absolute atomic E-state index is 2.26. The van der Waals surface area contributed by atoms with E-state index in [2.05, 4.69) is 25.2 Å². The predicted octanol–water partition coefficient (Wildman–Crippen LogP) is 0.737. The minimum Gasteiger partial charge on any atom is -0.106 e. The Morgan fingerprint density at radius 3 is 2.20 bits per heavy atom. The van der Waals surface area contributed by atoms with Crippen molar-refractivity contribution in [3.8, 4) is 0 Å². The van der Waals surface area contributed by atoms with Gasteiger partial charge in [-0.2, -0.15) is 0 Å². The number of rotatable bonds is 1. The topological polar surface area (TPSA) is 0 Å². The fraction of sp³-hybridized carbons (Fsp3) is 0.500. The molecule has 30 valence electrons. The fourth-order valence-electron chi connectivity index (χ4n) is 0.236. The van der Waals surface area contributed by atoms with Crippen LogP contribution in [0, 0.1) is 0 Å². The molecule has 0 nitrogen and oxygen atoms in total. The van der Waals surface area contributed by atoms with Gasteiger partial charge in [-0.3, -0.25) is 0 Å². The van der Waals surface area contributed by atoms with Crippen LogP contribution >= 0.6 is 0 Å². The molecule has 0 aromatic rings. The van der Waals surface area contributed by atoms with Crippen molar-refractivity contribution in [2.24, 2.45) is 0 Å². The van der Waals surface area contributed by atoms with Crippen LogP contribution in [0.2, 0.25) is 6.55 Å². The van der Waals surface area contributed by atoms with E-state index in [-0.39, 0.29) is 9.52 Å². The molecule has 0 rings (SSSR count). The summed E-state index contributed by atoms with van der Waals surface area (Å²) in [6.45, 7) is 4.33. The fourth-order valence-corrected chi connectivity index (χ4v) is 0.707. The highest BCUT2D eigenvalue weighted by atomic mass is 28.2. The lowest BCUT2D eigenvalue weighted by Crippen LogP contribution is -1.64. The molecule has 0 bridgehead atoms. The van der Waals surface area contributed by atoms with E-state index in [1.165, 1.54) is 0 Å². The van der Waals surface area contributed by atoms with Crippen LogP contribution in [0.25, 0.3) is 0 Å². The highest BCUT2D eigenvalue weighted by Gasteiger charge is 1.54. The lowest BCUT2D eigenvalue weighted by Gasteiger charge is -1.63. The maximum Gasteiger partial charge on any atom is 0.0419 e. The van der Waals surface area contributed by atoms with E-state index in [9.17, 15) is 0 Å². The first kappa shape index (κ1) is 4.96. The molecule has 0 atom stereocenters. The van der Waals surface area contributed by atoms with Crippen LogP contribution in [0.15, 0.2) is 11.8 Å². The molecule has 0 radical (unpaired) electrons. The molecule has 0 fully saturated rings. The van der Waals surface area contributed by atoms with Crippen LogP contribution < -0.4 is 0 Å². The second-order valence-electron chi connectivity index (χ2n) is 0.977. The van der Waals surface area contributed by atoms with Gasteiger partial charge in [0, 0.05) is 9.52 Å². The molecule has 0 aliphatic carbocycles. The second-order valence-corrected chi connectivity index (χ2v) is 2.27. The smallest absolute Gasteiger partial charge is 0.0419 e. The summed E-state index contributed by atoms with van der Waals surface area (Å²) in [7, 11) is 0.233. The highest BCUT2D eigenvalue weighted by Crippen LogP contribution is 1.60. The quantitative estimate of drug-likeness (QED) is 0.413. The van der Waals surface area contributed by atoms with Crippen molar-refractivity contribution < 1.29 is 0 Å². The minimum atomic E-state index is 0.233. The Hall–Kier alpha value is -0.0431. The van der Waals surface area contributed by atoms with E-state index in [4.69, 9.17) is 0 Å². The standard InChI is InChI=1S/C4H10Si/c1-3-4-5-2/h3-4H,5H2,1-2H3. The molecule has 0 aromatic carbocycles. The molecule has 0 aromatic heterocycles. The Bertz CT molecular complexity index is 30.6. The normalized spacial score (nSPS) is 12.4. The molecule has 0 aliphatic rings. The predicted molar refractivity (Wildman–Crippen MR) is 29.2 cm³/mol. The van der Waals surface area contributed by atoms with Crippen LogP contribution in [0.1, 0.15) is 6.92 Å². The molecule has 0 amide bonds. The molecule has 0 saturated carbocycles. The van der Waals surface area contributed by atoms with Crippen molar-refractivity contribution in [3.63, 3.8) is 0 Å². The van der Waals surface area contributed by atoms with Crippen LogP contribution in [0.5, 0.6) is 0 Å². The van der Waals surface area contributed by atoms with Gasteiger partial charge in [-0.15, -0.1) is 5.70 Å². The first-order chi connectivity index (χ1) is 2.41. The van der Waals surface area contributed by atoms with E-state index in [1.807, 2.05) is 0 Å². The number of hydrogen-bond donors (Lipinski definition) is 0. The number of hydrogen-bond acceptors (Lipinski definition) is 0. The summed E-state index contributed by atoms with van der Waals surface area (Å²) in [5.41, 5.74) is 2.26. The molecule has 0 aliphatic heterocycles. The summed E-state index contributed by atoms with van der Waals surface area (Å²) in [4.78, 5) is 0. The molecule has 5 heavy (non-hydrogen) atoms. The third-order valence-electron chi connectivity index (χ3n) is 0.471. The average molecular weight is 86.2 g/mol. The van der Waals surface area contributed by atoms with Crippen LogP contribution in [-0.4, -0.2) is 9.52 Å². The van der Waals surface area contributed by atoms with Gasteiger partial charge in [-0.1, -0.05) is 12.6 Å². The van der Waals surface area contributed by atoms with E-state index in [1.54, 1.807) is 0 Å². The molecular formula is C4H10Si. The average Bonchev–Trinajstić information content (AvgIpc) is 1.41. The van der Waals surface area contributed by atoms with Gasteiger partial charge in [0.25, 0.3) is 0 Å². The second kappa shape index (κ2) is 3.96. The van der Waals surface area contributed by atoms with E-state index < -0.39 is 0 Å². The van der Waals surface area contributed by atoms with Gasteiger partial charge in [0.2, 0.25) is 0 Å². The monoisotopic (exact) mass is 86.1 g/mol. The Balaban J connectivity index is 2.62. The molecule has 0 heterocycles. The van der Waals surface area contributed by atoms with Gasteiger partial charge >= 0.3 is 0 Å². The van der Waals surface area contributed by atoms with Crippen molar-refractivity contribution in [2.45, 2.75) is 13.5 Å². The molecule has 1 heteroatoms. The van der Waals surface area contributed by atoms with Crippen LogP contribution in [0.4, 0.5) is 0 Å². The Kier molecular flexibility index (Phi) is 3.92. The van der Waals surface area contributed by atoms with Gasteiger partial charge in [0.05, 0.1) is 0 Å². The van der Waals surface area contributed by atoms with E-state index in [0.717, 1.165) is 0 Å². The zero-order valence-corrected chi connectivity index (χ0v) is 5.28. The Morgan fingerprint density at radius 1 is 1.60 bits per heavy atom. The number of allylic oxidation sites excluding steroid dienone is 1. The molecule has 0 unspecified atom stereocenters. The van der Waals surface area contributed by atoms with Gasteiger partial charge in [-0.05, 0) is 6.92 Å². The van der Waals surface area contributed by atoms with Gasteiger partial charge in [0.15, 0.2) is 0 Å². The summed E-state index contributed by atoms with van der Waals surface area (Å²) in [6, 6.07) is 0. The third-order valence-corrected chi connectivity index (χ3v) is 1.41. The summed E-state index contributed by atoms with van der Waals surface area (Å²) in [5.74, 6) is 0. The van der Waals surface area contributed by atoms with E-state index in [0.29, 0.717) is 0 Å². The third kappa shape index (κ3) is 3.96. The maximum atomic E-state index is 2.26. The largest absolute Gasteiger partial charge is 0.106 e. The zero-order chi connectivity index (χ0) is 4.12. The van der Waals surface area contributed by atoms with Crippen LogP contribution in [0.3, 0.4) is 0 Å². The lowest BCUT2D eigenvalue weighted by molar-refractivity contribution is 1.78. The molecule has 0 N–H and O–H groups in total. The zero-order valence-electron chi connectivity index (χ0n) is 3.86. The van der Waals surface area contributed by atoms with Gasteiger partial charge in [-0.25, -0.2) is 0 Å². The van der Waals surface area contributed by atoms with Crippen molar-refractivity contribution in [3.05, 3.63) is 11.8 Å². The van der Waals surface area contributed by atoms with Crippen LogP contribution in [-0.2, 0) is 0 Å². The van der Waals surface area contributed by atoms with Gasteiger partial charge in [0.1, 0.15) is 0 Å². The van der Waals surface area contributed by atoms with Crippen molar-refractivity contribution in [1.29, 1.82) is 0 Å². The van der Waals surface area contributed by atoms with E-state index >= 15 is 0 Å². The summed E-state index contributed by atoms with van der Waals surface area (Å²) in [5, 5.41) is 0. The SMILES string of the molecule is CC=C[SiH2]C.